The summed E-state index contributed by atoms with van der Waals surface area (Å²) < 4.78 is 0.879. The van der Waals surface area contributed by atoms with Crippen molar-refractivity contribution in [2.75, 3.05) is 11.9 Å². The van der Waals surface area contributed by atoms with Crippen LogP contribution in [0, 0.1) is 17.8 Å². The van der Waals surface area contributed by atoms with E-state index in [2.05, 4.69) is 38.1 Å². The zero-order chi connectivity index (χ0) is 12.5. The van der Waals surface area contributed by atoms with Crippen molar-refractivity contribution in [3.63, 3.8) is 0 Å². The standard InChI is InChI=1S/C14H20BrN3/c1-2-13-17-12(15)7-14(18-13)16-8-11-6-9-3-4-10(11)5-9/h7,9-11H,2-6,8H2,1H3,(H,16,17,18). The highest BCUT2D eigenvalue weighted by atomic mass is 79.9. The van der Waals surface area contributed by atoms with Gasteiger partial charge >= 0.3 is 0 Å². The minimum absolute atomic E-state index is 0.863. The zero-order valence-electron chi connectivity index (χ0n) is 10.8. The van der Waals surface area contributed by atoms with Gasteiger partial charge < -0.3 is 5.32 Å². The maximum absolute atomic E-state index is 4.52. The second kappa shape index (κ2) is 5.16. The molecule has 0 aromatic carbocycles. The highest BCUT2D eigenvalue weighted by molar-refractivity contribution is 9.10. The number of aryl methyl sites for hydroxylation is 1. The average molecular weight is 310 g/mol. The predicted molar refractivity (Wildman–Crippen MR) is 76.5 cm³/mol. The minimum Gasteiger partial charge on any atom is -0.370 e. The van der Waals surface area contributed by atoms with Crippen LogP contribution in [0.1, 0.15) is 38.4 Å². The number of anilines is 1. The van der Waals surface area contributed by atoms with Crippen molar-refractivity contribution >= 4 is 21.7 Å². The van der Waals surface area contributed by atoms with Crippen molar-refractivity contribution in [3.8, 4) is 0 Å². The van der Waals surface area contributed by atoms with Crippen LogP contribution >= 0.6 is 15.9 Å². The maximum atomic E-state index is 4.52. The van der Waals surface area contributed by atoms with Gasteiger partial charge in [0.2, 0.25) is 0 Å². The molecule has 0 radical (unpaired) electrons. The zero-order valence-corrected chi connectivity index (χ0v) is 12.4. The van der Waals surface area contributed by atoms with Crippen molar-refractivity contribution in [1.82, 2.24) is 9.97 Å². The molecule has 1 aromatic rings. The predicted octanol–water partition coefficient (Wildman–Crippen LogP) is 3.65. The SMILES string of the molecule is CCc1nc(Br)cc(NCC2CC3CCC2C3)n1. The molecule has 0 spiro atoms. The molecule has 2 saturated carbocycles. The van der Waals surface area contributed by atoms with Gasteiger partial charge in [0.1, 0.15) is 16.2 Å². The molecule has 0 amide bonds. The van der Waals surface area contributed by atoms with Crippen LogP contribution in [0.5, 0.6) is 0 Å². The third-order valence-corrected chi connectivity index (χ3v) is 4.89. The van der Waals surface area contributed by atoms with Crippen molar-refractivity contribution in [3.05, 3.63) is 16.5 Å². The van der Waals surface area contributed by atoms with Gasteiger partial charge in [0, 0.05) is 19.0 Å². The summed E-state index contributed by atoms with van der Waals surface area (Å²) in [5.41, 5.74) is 0. The van der Waals surface area contributed by atoms with E-state index >= 15 is 0 Å². The van der Waals surface area contributed by atoms with Crippen LogP contribution in [0.25, 0.3) is 0 Å². The molecule has 4 heteroatoms. The first-order valence-corrected chi connectivity index (χ1v) is 7.81. The van der Waals surface area contributed by atoms with Gasteiger partial charge in [0.15, 0.2) is 0 Å². The van der Waals surface area contributed by atoms with E-state index in [1.54, 1.807) is 0 Å². The smallest absolute Gasteiger partial charge is 0.131 e. The fraction of sp³-hybridized carbons (Fsp3) is 0.714. The number of nitrogens with zero attached hydrogens (tertiary/aromatic N) is 2. The fourth-order valence-corrected chi connectivity index (χ4v) is 4.00. The van der Waals surface area contributed by atoms with Crippen LogP contribution in [0.4, 0.5) is 5.82 Å². The number of hydrogen-bond acceptors (Lipinski definition) is 3. The molecule has 18 heavy (non-hydrogen) atoms. The fourth-order valence-electron chi connectivity index (χ4n) is 3.58. The second-order valence-corrected chi connectivity index (χ2v) is 6.47. The lowest BCUT2D eigenvalue weighted by molar-refractivity contribution is 0.348. The molecule has 3 unspecified atom stereocenters. The van der Waals surface area contributed by atoms with E-state index in [4.69, 9.17) is 0 Å². The molecule has 3 rings (SSSR count). The molecule has 1 heterocycles. The Morgan fingerprint density at radius 1 is 1.33 bits per heavy atom. The highest BCUT2D eigenvalue weighted by Gasteiger charge is 2.39. The van der Waals surface area contributed by atoms with Crippen LogP contribution in [-0.2, 0) is 6.42 Å². The summed E-state index contributed by atoms with van der Waals surface area (Å²) in [6.45, 7) is 3.16. The maximum Gasteiger partial charge on any atom is 0.131 e. The Bertz CT molecular complexity index is 435. The largest absolute Gasteiger partial charge is 0.370 e. The quantitative estimate of drug-likeness (QED) is 0.863. The first-order valence-electron chi connectivity index (χ1n) is 7.02. The first kappa shape index (κ1) is 12.4. The number of halogens is 1. The Morgan fingerprint density at radius 3 is 2.89 bits per heavy atom. The van der Waals surface area contributed by atoms with Crippen LogP contribution in [0.2, 0.25) is 0 Å². The summed E-state index contributed by atoms with van der Waals surface area (Å²) in [5, 5.41) is 3.51. The Labute approximate surface area is 117 Å². The van der Waals surface area contributed by atoms with Crippen LogP contribution in [0.3, 0.4) is 0 Å². The number of fused-ring (bicyclic) bond motifs is 2. The molecule has 0 aliphatic heterocycles. The van der Waals surface area contributed by atoms with Crippen molar-refractivity contribution in [2.24, 2.45) is 17.8 Å². The molecule has 0 saturated heterocycles. The molecular formula is C14H20BrN3. The van der Waals surface area contributed by atoms with Gasteiger partial charge in [0.25, 0.3) is 0 Å². The van der Waals surface area contributed by atoms with Crippen molar-refractivity contribution < 1.29 is 0 Å². The van der Waals surface area contributed by atoms with Crippen LogP contribution in [0.15, 0.2) is 10.7 Å². The Hall–Kier alpha value is -0.640. The van der Waals surface area contributed by atoms with Gasteiger partial charge in [0.05, 0.1) is 0 Å². The molecule has 2 bridgehead atoms. The molecule has 2 fully saturated rings. The van der Waals surface area contributed by atoms with E-state index < -0.39 is 0 Å². The number of nitrogens with one attached hydrogen (secondary N) is 1. The monoisotopic (exact) mass is 309 g/mol. The van der Waals surface area contributed by atoms with E-state index in [0.717, 1.165) is 47.0 Å². The van der Waals surface area contributed by atoms with Gasteiger partial charge in [-0.05, 0) is 52.9 Å². The first-order chi connectivity index (χ1) is 8.74. The van der Waals surface area contributed by atoms with E-state index in [0.29, 0.717) is 0 Å². The number of aromatic nitrogens is 2. The van der Waals surface area contributed by atoms with Crippen molar-refractivity contribution in [1.29, 1.82) is 0 Å². The summed E-state index contributed by atoms with van der Waals surface area (Å²) >= 11 is 3.45. The Morgan fingerprint density at radius 2 is 2.22 bits per heavy atom. The van der Waals surface area contributed by atoms with E-state index in [9.17, 15) is 0 Å². The molecule has 3 nitrogen and oxygen atoms in total. The Balaban J connectivity index is 1.61. The topological polar surface area (TPSA) is 37.8 Å². The molecule has 3 atom stereocenters. The third kappa shape index (κ3) is 2.53. The van der Waals surface area contributed by atoms with Gasteiger partial charge in [-0.3, -0.25) is 0 Å². The van der Waals surface area contributed by atoms with Crippen molar-refractivity contribution in [2.45, 2.75) is 39.0 Å². The van der Waals surface area contributed by atoms with Gasteiger partial charge in [-0.1, -0.05) is 13.3 Å². The van der Waals surface area contributed by atoms with E-state index in [-0.39, 0.29) is 0 Å². The molecule has 1 N–H and O–H groups in total. The summed E-state index contributed by atoms with van der Waals surface area (Å²) in [7, 11) is 0. The number of rotatable bonds is 4. The summed E-state index contributed by atoms with van der Waals surface area (Å²) in [5.74, 6) is 4.72. The average Bonchev–Trinajstić information content (AvgIpc) is 2.97. The molecule has 98 valence electrons. The molecular weight excluding hydrogens is 290 g/mol. The van der Waals surface area contributed by atoms with Gasteiger partial charge in [-0.15, -0.1) is 0 Å². The lowest BCUT2D eigenvalue weighted by Gasteiger charge is -2.22. The van der Waals surface area contributed by atoms with Gasteiger partial charge in [-0.25, -0.2) is 9.97 Å². The van der Waals surface area contributed by atoms with Gasteiger partial charge in [-0.2, -0.15) is 0 Å². The highest BCUT2D eigenvalue weighted by Crippen LogP contribution is 2.48. The lowest BCUT2D eigenvalue weighted by Crippen LogP contribution is -2.20. The second-order valence-electron chi connectivity index (χ2n) is 5.66. The summed E-state index contributed by atoms with van der Waals surface area (Å²) in [6.07, 6.45) is 6.69. The minimum atomic E-state index is 0.863. The molecule has 2 aliphatic rings. The lowest BCUT2D eigenvalue weighted by atomic mass is 9.89. The molecule has 2 aliphatic carbocycles. The van der Waals surface area contributed by atoms with E-state index in [1.165, 1.54) is 25.7 Å². The Kier molecular flexibility index (Phi) is 3.55. The molecule has 1 aromatic heterocycles. The normalized spacial score (nSPS) is 29.8. The third-order valence-electron chi connectivity index (χ3n) is 4.49. The van der Waals surface area contributed by atoms with E-state index in [1.807, 2.05) is 6.07 Å². The summed E-state index contributed by atoms with van der Waals surface area (Å²) in [4.78, 5) is 8.86. The van der Waals surface area contributed by atoms with Crippen LogP contribution < -0.4 is 5.32 Å². The number of hydrogen-bond donors (Lipinski definition) is 1. The summed E-state index contributed by atoms with van der Waals surface area (Å²) in [6, 6.07) is 1.98. The van der Waals surface area contributed by atoms with Crippen LogP contribution in [-0.4, -0.2) is 16.5 Å².